The molecule has 0 saturated carbocycles. The van der Waals surface area contributed by atoms with Gasteiger partial charge in [0, 0.05) is 38.4 Å². The molecule has 0 saturated heterocycles. The van der Waals surface area contributed by atoms with Crippen molar-refractivity contribution in [1.29, 1.82) is 0 Å². The van der Waals surface area contributed by atoms with E-state index in [2.05, 4.69) is 49.9 Å². The van der Waals surface area contributed by atoms with Crippen LogP contribution in [-0.4, -0.2) is 104 Å². The van der Waals surface area contributed by atoms with Crippen LogP contribution in [0, 0.1) is 11.8 Å². The molecule has 3 heterocycles. The molecule has 2 unspecified atom stereocenters. The van der Waals surface area contributed by atoms with E-state index in [0.717, 1.165) is 57.8 Å². The summed E-state index contributed by atoms with van der Waals surface area (Å²) in [5, 5.41) is 25.9. The topological polar surface area (TPSA) is 190 Å². The van der Waals surface area contributed by atoms with Gasteiger partial charge in [0.2, 0.25) is 24.6 Å². The zero-order valence-corrected chi connectivity index (χ0v) is 35.5. The van der Waals surface area contributed by atoms with Gasteiger partial charge in [-0.3, -0.25) is 20.2 Å². The molecule has 4 aromatic rings. The Morgan fingerprint density at radius 1 is 0.741 bits per heavy atom. The fourth-order valence-corrected chi connectivity index (χ4v) is 7.39. The van der Waals surface area contributed by atoms with Crippen LogP contribution in [-0.2, 0) is 25.7 Å². The lowest BCUT2D eigenvalue weighted by atomic mass is 9.93. The number of methoxy groups -OCH3 is 2. The van der Waals surface area contributed by atoms with Crippen LogP contribution in [0.15, 0.2) is 48.8 Å². The number of ether oxygens (including phenoxy) is 3. The van der Waals surface area contributed by atoms with Crippen molar-refractivity contribution >= 4 is 11.8 Å². The summed E-state index contributed by atoms with van der Waals surface area (Å²) in [5.41, 5.74) is 6.59. The zero-order valence-electron chi connectivity index (χ0n) is 35.5. The number of nitrogens with one attached hydrogen (secondary N) is 4. The highest BCUT2D eigenvalue weighted by atomic mass is 16.6. The smallest absolute Gasteiger partial charge is 0.240 e. The molecular weight excluding hydrogens is 741 g/mol. The van der Waals surface area contributed by atoms with Crippen molar-refractivity contribution < 1.29 is 34.0 Å². The zero-order chi connectivity index (χ0) is 42.3. The van der Waals surface area contributed by atoms with Crippen molar-refractivity contribution in [2.75, 3.05) is 27.3 Å². The fraction of sp³-hybridized carbons (Fsp3) is 0.535. The third kappa shape index (κ3) is 9.96. The van der Waals surface area contributed by atoms with Crippen molar-refractivity contribution in [3.05, 3.63) is 66.0 Å². The number of aromatic nitrogens is 4. The highest BCUT2D eigenvalue weighted by molar-refractivity contribution is 5.84. The number of aliphatic hydroxyl groups is 2. The number of rotatable bonds is 20. The monoisotopic (exact) mass is 802 g/mol. The number of fused-ring (bicyclic) bond motifs is 3. The summed E-state index contributed by atoms with van der Waals surface area (Å²) < 4.78 is 16.3. The first kappa shape index (κ1) is 44.5. The van der Waals surface area contributed by atoms with Crippen LogP contribution in [0.2, 0.25) is 0 Å². The number of hydrogen-bond donors (Lipinski definition) is 6. The summed E-state index contributed by atoms with van der Waals surface area (Å²) in [6, 6.07) is 10.4. The van der Waals surface area contributed by atoms with Crippen molar-refractivity contribution in [2.24, 2.45) is 11.8 Å². The minimum atomic E-state index is -1.25. The maximum Gasteiger partial charge on any atom is 0.240 e. The van der Waals surface area contributed by atoms with E-state index in [1.54, 1.807) is 22.2 Å². The Labute approximate surface area is 341 Å². The van der Waals surface area contributed by atoms with Crippen LogP contribution in [0.5, 0.6) is 5.75 Å². The number of aromatic amines is 2. The predicted molar refractivity (Wildman–Crippen MR) is 222 cm³/mol. The molecule has 6 N–H and O–H groups in total. The number of imidazole rings is 2. The van der Waals surface area contributed by atoms with Gasteiger partial charge in [-0.25, -0.2) is 9.97 Å². The van der Waals surface area contributed by atoms with E-state index < -0.39 is 24.9 Å². The number of H-pyrrole nitrogens is 2. The second kappa shape index (κ2) is 19.9. The molecular formula is C43H62N8O7. The third-order valence-electron chi connectivity index (χ3n) is 10.8. The summed E-state index contributed by atoms with van der Waals surface area (Å²) in [4.78, 5) is 47.4. The first-order valence-corrected chi connectivity index (χ1v) is 20.3. The molecule has 0 spiro atoms. The van der Waals surface area contributed by atoms with Gasteiger partial charge in [0.15, 0.2) is 0 Å². The van der Waals surface area contributed by atoms with Crippen molar-refractivity contribution in [3.8, 4) is 39.4 Å². The van der Waals surface area contributed by atoms with Gasteiger partial charge in [0.25, 0.3) is 0 Å². The normalized spacial score (nSPS) is 15.6. The van der Waals surface area contributed by atoms with Gasteiger partial charge in [0.05, 0.1) is 47.9 Å². The SMILES string of the molecule is CCCN(C(=O)[C@@H](NC(O)OC)C(C)C)[C@@H](C)c1ncc(-c2ccc3c(c2)COc2cc(-c4cnc([C@H](C)N(CCC)C(=O)[C@@H](NC(O)OC)C(C)C)[nH]4)ccc2-3)[nH]1. The van der Waals surface area contributed by atoms with E-state index in [9.17, 15) is 19.8 Å². The fourth-order valence-electron chi connectivity index (χ4n) is 7.39. The highest BCUT2D eigenvalue weighted by Crippen LogP contribution is 2.41. The standard InChI is InChI=1S/C43H62N8O7/c1-11-17-50(40(52)36(24(3)4)48-42(54)56-9)26(7)38-44-21-33(46-38)28-13-15-31-30(19-28)23-58-35-20-29(14-16-32(31)35)34-22-45-39(47-34)27(8)51(18-12-2)41(53)37(25(5)6)49-43(55)57-10/h13-16,19-22,24-27,36-37,42-43,48-49,54-55H,11-12,17-18,23H2,1-10H3,(H,44,46)(H,45,47)/t26-,27-,36-,37-,42?,43?/m0/s1. The molecule has 2 aromatic carbocycles. The predicted octanol–water partition coefficient (Wildman–Crippen LogP) is 5.70. The van der Waals surface area contributed by atoms with Gasteiger partial charge >= 0.3 is 0 Å². The summed E-state index contributed by atoms with van der Waals surface area (Å²) in [6.45, 7) is 17.1. The number of carbonyl (C=O) groups is 2. The summed E-state index contributed by atoms with van der Waals surface area (Å²) in [7, 11) is 2.76. The van der Waals surface area contributed by atoms with Crippen molar-refractivity contribution in [2.45, 2.75) is 112 Å². The molecule has 15 heteroatoms. The molecule has 5 rings (SSSR count). The van der Waals surface area contributed by atoms with Crippen LogP contribution in [0.3, 0.4) is 0 Å². The number of aliphatic hydroxyl groups excluding tert-OH is 2. The van der Waals surface area contributed by atoms with Gasteiger partial charge in [-0.1, -0.05) is 59.7 Å². The summed E-state index contributed by atoms with van der Waals surface area (Å²) in [6.07, 6.45) is 2.59. The second-order valence-corrected chi connectivity index (χ2v) is 15.6. The summed E-state index contributed by atoms with van der Waals surface area (Å²) in [5.74, 6) is 1.65. The Balaban J connectivity index is 1.32. The van der Waals surface area contributed by atoms with E-state index in [1.165, 1.54) is 14.2 Å². The molecule has 2 aromatic heterocycles. The van der Waals surface area contributed by atoms with Gasteiger partial charge < -0.3 is 44.2 Å². The Hall–Kier alpha value is -4.64. The molecule has 1 aliphatic rings. The molecule has 1 aliphatic heterocycles. The number of carbonyl (C=O) groups excluding carboxylic acids is 2. The van der Waals surface area contributed by atoms with Crippen LogP contribution in [0.4, 0.5) is 0 Å². The lowest BCUT2D eigenvalue weighted by Gasteiger charge is -2.34. The van der Waals surface area contributed by atoms with Gasteiger partial charge in [-0.15, -0.1) is 0 Å². The largest absolute Gasteiger partial charge is 0.488 e. The van der Waals surface area contributed by atoms with Crippen LogP contribution in [0.1, 0.15) is 97.5 Å². The molecule has 0 bridgehead atoms. The van der Waals surface area contributed by atoms with Gasteiger partial charge in [-0.05, 0) is 73.4 Å². The molecule has 0 aliphatic carbocycles. The molecule has 0 fully saturated rings. The maximum atomic E-state index is 13.8. The van der Waals surface area contributed by atoms with Crippen LogP contribution < -0.4 is 15.4 Å². The summed E-state index contributed by atoms with van der Waals surface area (Å²) >= 11 is 0. The number of nitrogens with zero attached hydrogens (tertiary/aromatic N) is 4. The average Bonchev–Trinajstić information content (AvgIpc) is 3.93. The van der Waals surface area contributed by atoms with E-state index in [0.29, 0.717) is 31.3 Å². The first-order chi connectivity index (χ1) is 27.7. The van der Waals surface area contributed by atoms with Crippen molar-refractivity contribution in [1.82, 2.24) is 40.4 Å². The number of amides is 2. The maximum absolute atomic E-state index is 13.8. The third-order valence-corrected chi connectivity index (χ3v) is 10.8. The van der Waals surface area contributed by atoms with Gasteiger partial charge in [0.1, 0.15) is 24.0 Å². The van der Waals surface area contributed by atoms with Crippen molar-refractivity contribution in [3.63, 3.8) is 0 Å². The number of benzene rings is 2. The quantitative estimate of drug-likeness (QED) is 0.0602. The van der Waals surface area contributed by atoms with Crippen LogP contribution in [0.25, 0.3) is 33.6 Å². The van der Waals surface area contributed by atoms with Crippen LogP contribution >= 0.6 is 0 Å². The molecule has 58 heavy (non-hydrogen) atoms. The second-order valence-electron chi connectivity index (χ2n) is 15.6. The average molecular weight is 803 g/mol. The Morgan fingerprint density at radius 2 is 1.19 bits per heavy atom. The van der Waals surface area contributed by atoms with Gasteiger partial charge in [-0.2, -0.15) is 0 Å². The van der Waals surface area contributed by atoms with E-state index in [-0.39, 0.29) is 35.7 Å². The first-order valence-electron chi connectivity index (χ1n) is 20.3. The van der Waals surface area contributed by atoms with E-state index in [1.807, 2.05) is 67.5 Å². The minimum absolute atomic E-state index is 0.0806. The molecule has 15 nitrogen and oxygen atoms in total. The molecule has 2 amide bonds. The van der Waals surface area contributed by atoms with E-state index >= 15 is 0 Å². The molecule has 6 atom stereocenters. The molecule has 0 radical (unpaired) electrons. The Bertz CT molecular complexity index is 1840. The lowest BCUT2D eigenvalue weighted by molar-refractivity contribution is -0.146. The lowest BCUT2D eigenvalue weighted by Crippen LogP contribution is -2.53. The highest BCUT2D eigenvalue weighted by Gasteiger charge is 2.34. The Kier molecular flexibility index (Phi) is 15.2. The minimum Gasteiger partial charge on any atom is -0.488 e. The number of hydrogen-bond acceptors (Lipinski definition) is 11. The Morgan fingerprint density at radius 3 is 1.62 bits per heavy atom. The van der Waals surface area contributed by atoms with E-state index in [4.69, 9.17) is 19.2 Å². The molecule has 316 valence electrons.